The molecule has 2 aromatic carbocycles. The van der Waals surface area contributed by atoms with E-state index in [9.17, 15) is 14.4 Å². The Bertz CT molecular complexity index is 1140. The number of hydrogen-bond donors (Lipinski definition) is 2. The Morgan fingerprint density at radius 2 is 1.86 bits per heavy atom. The normalized spacial score (nSPS) is 16.6. The summed E-state index contributed by atoms with van der Waals surface area (Å²) in [6.07, 6.45) is 0.366. The van der Waals surface area contributed by atoms with E-state index < -0.39 is 6.04 Å². The molecular weight excluding hydrogens is 423 g/mol. The van der Waals surface area contributed by atoms with Gasteiger partial charge in [-0.05, 0) is 35.9 Å². The van der Waals surface area contributed by atoms with Gasteiger partial charge < -0.3 is 15.5 Å². The van der Waals surface area contributed by atoms with E-state index in [0.29, 0.717) is 29.2 Å². The summed E-state index contributed by atoms with van der Waals surface area (Å²) in [5.41, 5.74) is 7.54. The van der Waals surface area contributed by atoms with Gasteiger partial charge in [0.15, 0.2) is 5.76 Å². The van der Waals surface area contributed by atoms with Crippen LogP contribution in [0.1, 0.15) is 21.7 Å². The van der Waals surface area contributed by atoms with Crippen molar-refractivity contribution in [3.63, 3.8) is 0 Å². The van der Waals surface area contributed by atoms with Crippen molar-refractivity contribution in [3.8, 4) is 0 Å². The van der Waals surface area contributed by atoms with Crippen molar-refractivity contribution in [1.29, 1.82) is 0 Å². The second-order valence-electron chi connectivity index (χ2n) is 6.28. The highest BCUT2D eigenvalue weighted by Gasteiger charge is 2.31. The third-order valence-electron chi connectivity index (χ3n) is 4.36. The van der Waals surface area contributed by atoms with E-state index >= 15 is 0 Å². The molecule has 0 spiro atoms. The average molecular weight is 435 g/mol. The molecule has 1 aliphatic rings. The Labute approximate surface area is 173 Å². The van der Waals surface area contributed by atoms with Crippen molar-refractivity contribution >= 4 is 67.8 Å². The third kappa shape index (κ3) is 3.48. The number of ketones is 1. The zero-order valence-corrected chi connectivity index (χ0v) is 16.5. The maximum atomic E-state index is 12.7. The number of nitrogens with two attached hydrogens (primary N) is 1. The molecule has 6 nitrogen and oxygen atoms in total. The molecule has 1 aliphatic heterocycles. The van der Waals surface area contributed by atoms with Crippen LogP contribution in [0, 0.1) is 0 Å². The molecule has 0 saturated carbocycles. The summed E-state index contributed by atoms with van der Waals surface area (Å²) < 4.78 is 5.65. The number of furan rings is 1. The first-order valence-corrected chi connectivity index (χ1v) is 9.73. The smallest absolute Gasteiger partial charge is 0.287 e. The molecule has 2 heterocycles. The van der Waals surface area contributed by atoms with Gasteiger partial charge in [0.1, 0.15) is 11.6 Å². The first-order chi connectivity index (χ1) is 13.3. The molecule has 0 radical (unpaired) electrons. The van der Waals surface area contributed by atoms with E-state index in [0.717, 1.165) is 5.56 Å². The zero-order chi connectivity index (χ0) is 20.0. The maximum absolute atomic E-state index is 12.7. The number of benzene rings is 2. The van der Waals surface area contributed by atoms with Crippen molar-refractivity contribution in [2.75, 3.05) is 5.73 Å². The highest BCUT2D eigenvalue weighted by Crippen LogP contribution is 2.31. The van der Waals surface area contributed by atoms with Crippen LogP contribution < -0.4 is 11.1 Å². The number of anilines is 1. The molecule has 1 fully saturated rings. The molecule has 1 unspecified atom stereocenters. The van der Waals surface area contributed by atoms with Crippen LogP contribution in [0.5, 0.6) is 0 Å². The van der Waals surface area contributed by atoms with Crippen molar-refractivity contribution in [1.82, 2.24) is 5.32 Å². The fourth-order valence-electron chi connectivity index (χ4n) is 2.95. The first-order valence-electron chi connectivity index (χ1n) is 8.15. The lowest BCUT2D eigenvalue weighted by molar-refractivity contribution is -0.112. The number of thioether (sulfide) groups is 1. The van der Waals surface area contributed by atoms with Gasteiger partial charge in [-0.3, -0.25) is 14.4 Å². The maximum Gasteiger partial charge on any atom is 0.287 e. The fraction of sp³-hybridized carbons (Fsp3) is 0.105. The molecule has 3 N–H and O–H groups in total. The first kappa shape index (κ1) is 18.9. The number of rotatable bonds is 4. The molecule has 1 saturated heterocycles. The molecule has 4 rings (SSSR count). The number of amides is 1. The van der Waals surface area contributed by atoms with Gasteiger partial charge in [-0.1, -0.05) is 29.3 Å². The molecule has 1 amide bonds. The number of nitrogen functional groups attached to an aromatic ring is 1. The standard InChI is InChI=1S/C19H12Cl2N2O4S/c20-11-5-10(6-12(21)16(11)22)17(24)15-7-9-3-8(1-2-14(9)27-15)4-13-18(25)28-19(26)23-13/h1-3,5-7,13H,4,22H2,(H,23,26). The second-order valence-corrected chi connectivity index (χ2v) is 8.07. The molecule has 0 aliphatic carbocycles. The van der Waals surface area contributed by atoms with E-state index in [-0.39, 0.29) is 43.2 Å². The van der Waals surface area contributed by atoms with Crippen LogP contribution >= 0.6 is 35.0 Å². The number of fused-ring (bicyclic) bond motifs is 1. The zero-order valence-electron chi connectivity index (χ0n) is 14.1. The van der Waals surface area contributed by atoms with Crippen LogP contribution in [0.25, 0.3) is 11.0 Å². The summed E-state index contributed by atoms with van der Waals surface area (Å²) >= 11 is 12.7. The molecule has 0 bridgehead atoms. The van der Waals surface area contributed by atoms with Gasteiger partial charge >= 0.3 is 0 Å². The largest absolute Gasteiger partial charge is 0.453 e. The Kier molecular flexibility index (Phi) is 4.82. The van der Waals surface area contributed by atoms with Crippen molar-refractivity contribution in [2.45, 2.75) is 12.5 Å². The van der Waals surface area contributed by atoms with E-state index in [1.54, 1.807) is 18.2 Å². The predicted molar refractivity (Wildman–Crippen MR) is 109 cm³/mol. The lowest BCUT2D eigenvalue weighted by Crippen LogP contribution is -2.30. The van der Waals surface area contributed by atoms with Crippen LogP contribution in [-0.2, 0) is 11.2 Å². The number of halogens is 2. The summed E-state index contributed by atoms with van der Waals surface area (Å²) in [4.78, 5) is 35.8. The Balaban J connectivity index is 1.62. The van der Waals surface area contributed by atoms with Crippen LogP contribution in [0.3, 0.4) is 0 Å². The minimum Gasteiger partial charge on any atom is -0.453 e. The molecule has 1 atom stereocenters. The minimum absolute atomic E-state index is 0.129. The van der Waals surface area contributed by atoms with Gasteiger partial charge in [0, 0.05) is 29.1 Å². The van der Waals surface area contributed by atoms with Gasteiger partial charge in [-0.15, -0.1) is 0 Å². The summed E-state index contributed by atoms with van der Waals surface area (Å²) in [6.45, 7) is 0. The number of hydrogen-bond acceptors (Lipinski definition) is 6. The monoisotopic (exact) mass is 434 g/mol. The average Bonchev–Trinajstić information content (AvgIpc) is 3.21. The van der Waals surface area contributed by atoms with Crippen LogP contribution in [0.15, 0.2) is 40.8 Å². The molecule has 9 heteroatoms. The van der Waals surface area contributed by atoms with Gasteiger partial charge in [0.05, 0.1) is 15.7 Å². The van der Waals surface area contributed by atoms with Gasteiger partial charge in [0.2, 0.25) is 10.9 Å². The van der Waals surface area contributed by atoms with Crippen molar-refractivity contribution in [2.24, 2.45) is 0 Å². The lowest BCUT2D eigenvalue weighted by Gasteiger charge is -2.07. The summed E-state index contributed by atoms with van der Waals surface area (Å²) in [5, 5.41) is 3.17. The summed E-state index contributed by atoms with van der Waals surface area (Å²) in [5.74, 6) is -0.249. The summed E-state index contributed by atoms with van der Waals surface area (Å²) in [7, 11) is 0. The predicted octanol–water partition coefficient (Wildman–Crippen LogP) is 4.45. The molecule has 142 valence electrons. The van der Waals surface area contributed by atoms with Crippen LogP contribution in [-0.4, -0.2) is 22.2 Å². The fourth-order valence-corrected chi connectivity index (χ4v) is 4.11. The quantitative estimate of drug-likeness (QED) is 0.464. The second kappa shape index (κ2) is 7.16. The van der Waals surface area contributed by atoms with E-state index in [1.807, 2.05) is 6.07 Å². The SMILES string of the molecule is Nc1c(Cl)cc(C(=O)c2cc3cc(CC4NC(=O)SC4=O)ccc3o2)cc1Cl. The van der Waals surface area contributed by atoms with E-state index in [2.05, 4.69) is 5.32 Å². The van der Waals surface area contributed by atoms with Crippen molar-refractivity contribution in [3.05, 3.63) is 63.3 Å². The topological polar surface area (TPSA) is 102 Å². The Hall–Kier alpha value is -2.48. The van der Waals surface area contributed by atoms with E-state index in [1.165, 1.54) is 12.1 Å². The van der Waals surface area contributed by atoms with Crippen molar-refractivity contribution < 1.29 is 18.8 Å². The van der Waals surface area contributed by atoms with Gasteiger partial charge in [-0.25, -0.2) is 0 Å². The summed E-state index contributed by atoms with van der Waals surface area (Å²) in [6, 6.07) is 9.27. The Morgan fingerprint density at radius 3 is 2.50 bits per heavy atom. The van der Waals surface area contributed by atoms with Gasteiger partial charge in [0.25, 0.3) is 5.24 Å². The molecule has 28 heavy (non-hydrogen) atoms. The van der Waals surface area contributed by atoms with Crippen LogP contribution in [0.2, 0.25) is 10.0 Å². The molecule has 1 aromatic heterocycles. The number of carbonyl (C=O) groups excluding carboxylic acids is 3. The molecular formula is C19H12Cl2N2O4S. The number of nitrogens with one attached hydrogen (secondary N) is 1. The van der Waals surface area contributed by atoms with Gasteiger partial charge in [-0.2, -0.15) is 0 Å². The molecule has 3 aromatic rings. The highest BCUT2D eigenvalue weighted by atomic mass is 35.5. The minimum atomic E-state index is -0.554. The van der Waals surface area contributed by atoms with Crippen LogP contribution in [0.4, 0.5) is 10.5 Å². The Morgan fingerprint density at radius 1 is 1.14 bits per heavy atom. The highest BCUT2D eigenvalue weighted by molar-refractivity contribution is 8.26. The van der Waals surface area contributed by atoms with E-state index in [4.69, 9.17) is 33.4 Å². The third-order valence-corrected chi connectivity index (χ3v) is 5.77. The lowest BCUT2D eigenvalue weighted by atomic mass is 10.0. The number of carbonyl (C=O) groups is 3.